The van der Waals surface area contributed by atoms with Crippen LogP contribution in [0.3, 0.4) is 0 Å². The summed E-state index contributed by atoms with van der Waals surface area (Å²) in [6, 6.07) is 5.32. The van der Waals surface area contributed by atoms with Gasteiger partial charge in [-0.1, -0.05) is 12.1 Å². The van der Waals surface area contributed by atoms with Crippen LogP contribution >= 0.6 is 0 Å². The molecule has 0 fully saturated rings. The van der Waals surface area contributed by atoms with Crippen LogP contribution < -0.4 is 10.6 Å². The molecule has 0 aromatic heterocycles. The van der Waals surface area contributed by atoms with Crippen LogP contribution in [-0.2, 0) is 17.6 Å². The molecule has 0 spiro atoms. The van der Waals surface area contributed by atoms with E-state index in [0.717, 1.165) is 24.9 Å². The summed E-state index contributed by atoms with van der Waals surface area (Å²) < 4.78 is 0. The largest absolute Gasteiger partial charge is 0.480 e. The van der Waals surface area contributed by atoms with Gasteiger partial charge in [-0.15, -0.1) is 0 Å². The Morgan fingerprint density at radius 3 is 3.06 bits per heavy atom. The number of nitrogens with zero attached hydrogens (tertiary/aromatic N) is 1. The van der Waals surface area contributed by atoms with Crippen LogP contribution in [0.2, 0.25) is 0 Å². The van der Waals surface area contributed by atoms with Gasteiger partial charge in [0.2, 0.25) is 0 Å². The van der Waals surface area contributed by atoms with Crippen molar-refractivity contribution in [3.8, 4) is 0 Å². The number of carbonyl (C=O) groups is 1. The molecule has 1 aromatic rings. The van der Waals surface area contributed by atoms with Crippen LogP contribution in [0, 0.1) is 0 Å². The molecule has 3 N–H and O–H groups in total. The molecule has 1 heterocycles. The van der Waals surface area contributed by atoms with Gasteiger partial charge in [0.1, 0.15) is 6.04 Å². The molecule has 0 saturated heterocycles. The van der Waals surface area contributed by atoms with Crippen LogP contribution in [0.5, 0.6) is 0 Å². The number of aryl methyl sites for hydroxylation is 1. The maximum absolute atomic E-state index is 10.7. The van der Waals surface area contributed by atoms with E-state index in [-0.39, 0.29) is 0 Å². The molecule has 0 radical (unpaired) electrons. The van der Waals surface area contributed by atoms with Crippen LogP contribution in [0.25, 0.3) is 0 Å². The summed E-state index contributed by atoms with van der Waals surface area (Å²) >= 11 is 0. The van der Waals surface area contributed by atoms with Crippen LogP contribution in [0.1, 0.15) is 17.5 Å². The standard InChI is InChI=1S/C13H18N2O2/c1-15-6-2-3-10-7-9(4-5-12(10)15)8-11(14)13(16)17/h4-5,7,11H,2-3,6,8,14H2,1H3,(H,16,17). The van der Waals surface area contributed by atoms with Crippen molar-refractivity contribution in [2.45, 2.75) is 25.3 Å². The normalized spacial score (nSPS) is 16.5. The maximum Gasteiger partial charge on any atom is 0.320 e. The SMILES string of the molecule is CN1CCCc2cc(CC(N)C(=O)O)ccc21. The van der Waals surface area contributed by atoms with E-state index in [9.17, 15) is 4.79 Å². The van der Waals surface area contributed by atoms with E-state index >= 15 is 0 Å². The number of hydrogen-bond acceptors (Lipinski definition) is 3. The lowest BCUT2D eigenvalue weighted by molar-refractivity contribution is -0.138. The van der Waals surface area contributed by atoms with Crippen molar-refractivity contribution < 1.29 is 9.90 Å². The molecule has 0 bridgehead atoms. The lowest BCUT2D eigenvalue weighted by Crippen LogP contribution is -2.32. The molecule has 1 aliphatic heterocycles. The Balaban J connectivity index is 2.19. The summed E-state index contributed by atoms with van der Waals surface area (Å²) in [4.78, 5) is 12.9. The molecule has 4 heteroatoms. The number of fused-ring (bicyclic) bond motifs is 1. The fourth-order valence-electron chi connectivity index (χ4n) is 2.31. The number of nitrogens with two attached hydrogens (primary N) is 1. The average Bonchev–Trinajstić information content (AvgIpc) is 2.29. The van der Waals surface area contributed by atoms with Gasteiger partial charge in [-0.2, -0.15) is 0 Å². The number of anilines is 1. The second kappa shape index (κ2) is 4.75. The van der Waals surface area contributed by atoms with Crippen LogP contribution in [0.4, 0.5) is 5.69 Å². The summed E-state index contributed by atoms with van der Waals surface area (Å²) in [5.41, 5.74) is 9.10. The predicted octanol–water partition coefficient (Wildman–Crippen LogP) is 1.02. The Kier molecular flexibility index (Phi) is 3.33. The zero-order chi connectivity index (χ0) is 12.4. The van der Waals surface area contributed by atoms with Crippen LogP contribution in [-0.4, -0.2) is 30.7 Å². The third-order valence-corrected chi connectivity index (χ3v) is 3.27. The zero-order valence-electron chi connectivity index (χ0n) is 10.0. The van der Waals surface area contributed by atoms with Gasteiger partial charge in [0, 0.05) is 19.3 Å². The Bertz CT molecular complexity index is 431. The van der Waals surface area contributed by atoms with E-state index in [2.05, 4.69) is 24.1 Å². The minimum atomic E-state index is -0.945. The molecule has 92 valence electrons. The topological polar surface area (TPSA) is 66.6 Å². The van der Waals surface area contributed by atoms with Crippen molar-refractivity contribution in [3.05, 3.63) is 29.3 Å². The third kappa shape index (κ3) is 2.58. The number of carboxylic acid groups (broad SMARTS) is 1. The fourth-order valence-corrected chi connectivity index (χ4v) is 2.31. The van der Waals surface area contributed by atoms with Gasteiger partial charge in [-0.3, -0.25) is 4.79 Å². The summed E-state index contributed by atoms with van der Waals surface area (Å²) in [6.45, 7) is 1.08. The van der Waals surface area contributed by atoms with Gasteiger partial charge in [0.25, 0.3) is 0 Å². The molecule has 1 atom stereocenters. The second-order valence-corrected chi connectivity index (χ2v) is 4.64. The lowest BCUT2D eigenvalue weighted by atomic mass is 9.97. The summed E-state index contributed by atoms with van der Waals surface area (Å²) in [5.74, 6) is -0.945. The summed E-state index contributed by atoms with van der Waals surface area (Å²) in [7, 11) is 2.08. The Hall–Kier alpha value is -1.55. The first-order valence-electron chi connectivity index (χ1n) is 5.89. The number of aliphatic carboxylic acids is 1. The smallest absolute Gasteiger partial charge is 0.320 e. The molecule has 1 aliphatic rings. The van der Waals surface area contributed by atoms with E-state index in [1.165, 1.54) is 11.3 Å². The highest BCUT2D eigenvalue weighted by Gasteiger charge is 2.16. The van der Waals surface area contributed by atoms with Crippen molar-refractivity contribution in [2.24, 2.45) is 5.73 Å². The van der Waals surface area contributed by atoms with Gasteiger partial charge in [-0.05, 0) is 36.5 Å². The molecule has 1 aromatic carbocycles. The van der Waals surface area contributed by atoms with Crippen LogP contribution in [0.15, 0.2) is 18.2 Å². The monoisotopic (exact) mass is 234 g/mol. The van der Waals surface area contributed by atoms with E-state index in [0.29, 0.717) is 6.42 Å². The zero-order valence-corrected chi connectivity index (χ0v) is 10.0. The summed E-state index contributed by atoms with van der Waals surface area (Å²) in [5, 5.41) is 8.79. The van der Waals surface area contributed by atoms with Crippen molar-refractivity contribution in [2.75, 3.05) is 18.5 Å². The summed E-state index contributed by atoms with van der Waals surface area (Å²) in [6.07, 6.45) is 2.61. The van der Waals surface area contributed by atoms with Gasteiger partial charge in [-0.25, -0.2) is 0 Å². The number of hydrogen-bond donors (Lipinski definition) is 2. The fraction of sp³-hybridized carbons (Fsp3) is 0.462. The van der Waals surface area contributed by atoms with Crippen molar-refractivity contribution in [3.63, 3.8) is 0 Å². The highest BCUT2D eigenvalue weighted by molar-refractivity contribution is 5.73. The molecule has 2 rings (SSSR count). The Labute approximate surface area is 101 Å². The maximum atomic E-state index is 10.7. The van der Waals surface area contributed by atoms with E-state index in [1.807, 2.05) is 6.07 Å². The van der Waals surface area contributed by atoms with Gasteiger partial charge < -0.3 is 15.7 Å². The second-order valence-electron chi connectivity index (χ2n) is 4.64. The van der Waals surface area contributed by atoms with Gasteiger partial charge >= 0.3 is 5.97 Å². The van der Waals surface area contributed by atoms with Crippen molar-refractivity contribution in [1.82, 2.24) is 0 Å². The first kappa shape index (κ1) is 11.9. The molecular weight excluding hydrogens is 216 g/mol. The minimum Gasteiger partial charge on any atom is -0.480 e. The van der Waals surface area contributed by atoms with E-state index < -0.39 is 12.0 Å². The van der Waals surface area contributed by atoms with E-state index in [1.54, 1.807) is 0 Å². The van der Waals surface area contributed by atoms with Crippen molar-refractivity contribution >= 4 is 11.7 Å². The number of carboxylic acids is 1. The Morgan fingerprint density at radius 2 is 2.35 bits per heavy atom. The molecular formula is C13H18N2O2. The lowest BCUT2D eigenvalue weighted by Gasteiger charge is -2.28. The average molecular weight is 234 g/mol. The first-order chi connectivity index (χ1) is 8.08. The Morgan fingerprint density at radius 1 is 1.59 bits per heavy atom. The first-order valence-corrected chi connectivity index (χ1v) is 5.89. The molecule has 0 amide bonds. The molecule has 0 saturated carbocycles. The molecule has 4 nitrogen and oxygen atoms in total. The number of rotatable bonds is 3. The minimum absolute atomic E-state index is 0.395. The van der Waals surface area contributed by atoms with Gasteiger partial charge in [0.05, 0.1) is 0 Å². The third-order valence-electron chi connectivity index (χ3n) is 3.27. The molecule has 17 heavy (non-hydrogen) atoms. The quantitative estimate of drug-likeness (QED) is 0.819. The highest BCUT2D eigenvalue weighted by Crippen LogP contribution is 2.27. The van der Waals surface area contributed by atoms with Crippen molar-refractivity contribution in [1.29, 1.82) is 0 Å². The molecule has 1 unspecified atom stereocenters. The predicted molar refractivity (Wildman–Crippen MR) is 67.3 cm³/mol. The molecule has 0 aliphatic carbocycles. The number of benzene rings is 1. The van der Waals surface area contributed by atoms with Gasteiger partial charge in [0.15, 0.2) is 0 Å². The highest BCUT2D eigenvalue weighted by atomic mass is 16.4. The van der Waals surface area contributed by atoms with E-state index in [4.69, 9.17) is 10.8 Å².